The number of hydrogen-bond donors (Lipinski definition) is 16. The molecule has 0 spiro atoms. The summed E-state index contributed by atoms with van der Waals surface area (Å²) < 4.78 is 78.2. The Morgan fingerprint density at radius 3 is 0.925 bits per heavy atom. The zero-order valence-corrected chi connectivity index (χ0v) is 48.8. The standard InChI is InChI=1S/C47H74N12O34/c1-76-47-42(93-59-13-27(51-55-59)80-5-9-84-46-39(75)35(71)31(67)22(17-63)89-46)41(92-58-12-26(50-54-58)79-4-8-83-45-38(74)34(70)30(66)21(16-62)88-45)40(91-57-11-25(49-53-57)78-3-7-82-44-37(73)33(69)29(65)20(15-61)87-44)23(90-47)18-85-56-10-24(48-52-56)77-2-6-81-43-36(72)32(68)28(64)19(14-60)86-43/h10-13,19-23,28-47,60-75H,2-9,14-18H2,1H3/t19-,20-,21-,22-,23-,28-,29-,30-,31-,32+,33+,34+,35+,36+,37+,38+,39+,40-,41+,42-,43+,44+,45+,46+,47+/m1/s1. The molecule has 0 bridgehead atoms. The third-order valence-electron chi connectivity index (χ3n) is 14.5. The first-order valence-corrected chi connectivity index (χ1v) is 28.5. The van der Waals surface area contributed by atoms with Gasteiger partial charge in [0.15, 0.2) is 31.3 Å². The number of nitrogens with zero attached hydrogens (tertiary/aromatic N) is 12. The molecule has 93 heavy (non-hydrogen) atoms. The van der Waals surface area contributed by atoms with E-state index in [0.29, 0.717) is 0 Å². The molecule has 25 atom stereocenters. The van der Waals surface area contributed by atoms with E-state index in [0.717, 1.165) is 38.0 Å². The second-order valence-electron chi connectivity index (χ2n) is 20.8. The van der Waals surface area contributed by atoms with Gasteiger partial charge in [-0.15, -0.1) is 0 Å². The normalized spacial score (nSPS) is 36.5. The Morgan fingerprint density at radius 2 is 0.613 bits per heavy atom. The summed E-state index contributed by atoms with van der Waals surface area (Å²) in [6.07, 6.45) is -33.6. The zero-order valence-electron chi connectivity index (χ0n) is 48.8. The van der Waals surface area contributed by atoms with Crippen molar-refractivity contribution in [3.05, 3.63) is 24.8 Å². The molecule has 0 unspecified atom stereocenters. The van der Waals surface area contributed by atoms with Gasteiger partial charge in [-0.25, -0.2) is 0 Å². The highest BCUT2D eigenvalue weighted by Gasteiger charge is 2.55. The third kappa shape index (κ3) is 17.7. The lowest BCUT2D eigenvalue weighted by Gasteiger charge is -2.42. The molecule has 4 aromatic rings. The van der Waals surface area contributed by atoms with Gasteiger partial charge in [-0.2, -0.15) is 0 Å². The first kappa shape index (κ1) is 71.2. The van der Waals surface area contributed by atoms with Crippen molar-refractivity contribution in [1.29, 1.82) is 0 Å². The van der Waals surface area contributed by atoms with Crippen LogP contribution in [0.2, 0.25) is 0 Å². The Balaban J connectivity index is 0.915. The van der Waals surface area contributed by atoms with Crippen molar-refractivity contribution in [2.45, 2.75) is 154 Å². The van der Waals surface area contributed by atoms with Crippen molar-refractivity contribution in [2.24, 2.45) is 0 Å². The zero-order chi connectivity index (χ0) is 66.5. The number of aliphatic hydroxyl groups excluding tert-OH is 16. The molecule has 0 radical (unpaired) electrons. The second kappa shape index (κ2) is 33.5. The van der Waals surface area contributed by atoms with Crippen molar-refractivity contribution in [3.63, 3.8) is 0 Å². The Bertz CT molecular complexity index is 2810. The van der Waals surface area contributed by atoms with E-state index in [9.17, 15) is 81.7 Å². The number of aliphatic hydroxyl groups is 16. The molecule has 4 aromatic heterocycles. The maximum Gasteiger partial charge on any atom is 0.257 e. The minimum absolute atomic E-state index is 0.120. The highest BCUT2D eigenvalue weighted by molar-refractivity contribution is 5.03. The van der Waals surface area contributed by atoms with Crippen LogP contribution in [0.5, 0.6) is 23.5 Å². The number of ether oxygens (including phenoxy) is 14. The van der Waals surface area contributed by atoms with E-state index in [4.69, 9.17) is 85.7 Å². The van der Waals surface area contributed by atoms with E-state index in [1.165, 1.54) is 13.3 Å². The smallest absolute Gasteiger partial charge is 0.257 e. The van der Waals surface area contributed by atoms with Crippen molar-refractivity contribution in [3.8, 4) is 23.5 Å². The summed E-state index contributed by atoms with van der Waals surface area (Å²) in [5.74, 6) is -0.669. The van der Waals surface area contributed by atoms with E-state index < -0.39 is 187 Å². The van der Waals surface area contributed by atoms with Crippen molar-refractivity contribution in [2.75, 3.05) is 93.0 Å². The summed E-state index contributed by atoms with van der Waals surface area (Å²) >= 11 is 0. The SMILES string of the molecule is CO[C@H]1O[C@H](COn2cc(OCCO[C@H]3O[C@H](CO)[C@@H](O)[C@H](O)[C@@H]3O)nn2)[C@@H](On2cc(OCCO[C@H]3O[C@H](CO)[C@@H](O)[C@H](O)[C@@H]3O)nn2)[C@H](On2cc(OCCO[C@H]3O[C@H](CO)[C@@H](O)[C@H](O)[C@@H]3O)nn2)[C@H]1On1cc(OCCO[C@H]2O[C@H](CO)[C@@H](O)[C@H](O)[C@@H]2O)nn1. The van der Waals surface area contributed by atoms with Gasteiger partial charge in [-0.3, -0.25) is 0 Å². The lowest BCUT2D eigenvalue weighted by molar-refractivity contribution is -0.322. The van der Waals surface area contributed by atoms with Gasteiger partial charge >= 0.3 is 0 Å². The molecule has 9 rings (SSSR count). The molecular formula is C47H74N12O34. The van der Waals surface area contributed by atoms with Crippen molar-refractivity contribution < 1.29 is 167 Å². The maximum atomic E-state index is 10.4. The molecule has 46 heteroatoms. The van der Waals surface area contributed by atoms with Gasteiger partial charge in [0.25, 0.3) is 23.5 Å². The van der Waals surface area contributed by atoms with Crippen LogP contribution in [-0.4, -0.2) is 389 Å². The van der Waals surface area contributed by atoms with Gasteiger partial charge < -0.3 is 167 Å². The summed E-state index contributed by atoms with van der Waals surface area (Å²) in [7, 11) is 1.24. The van der Waals surface area contributed by atoms with Gasteiger partial charge in [0.1, 0.15) is 162 Å². The first-order chi connectivity index (χ1) is 44.8. The summed E-state index contributed by atoms with van der Waals surface area (Å²) in [4.78, 5) is 28.3. The molecule has 0 aliphatic carbocycles. The van der Waals surface area contributed by atoms with Crippen LogP contribution in [0.25, 0.3) is 0 Å². The van der Waals surface area contributed by atoms with E-state index in [-0.39, 0.29) is 76.4 Å². The minimum atomic E-state index is -1.71. The molecule has 5 fully saturated rings. The Morgan fingerprint density at radius 1 is 0.333 bits per heavy atom. The Labute approximate surface area is 522 Å². The number of rotatable bonds is 34. The largest absolute Gasteiger partial charge is 0.473 e. The molecule has 5 aliphatic heterocycles. The highest BCUT2D eigenvalue weighted by atomic mass is 16.8. The summed E-state index contributed by atoms with van der Waals surface area (Å²) in [6, 6.07) is 0. The predicted molar refractivity (Wildman–Crippen MR) is 279 cm³/mol. The average molecular weight is 1350 g/mol. The van der Waals surface area contributed by atoms with E-state index >= 15 is 0 Å². The number of aromatic nitrogens is 12. The topological polar surface area (TPSA) is 613 Å². The van der Waals surface area contributed by atoms with Crippen LogP contribution >= 0.6 is 0 Å². The molecule has 526 valence electrons. The molecule has 9 heterocycles. The summed E-state index contributed by atoms with van der Waals surface area (Å²) in [6.45, 7) is -5.50. The fourth-order valence-corrected chi connectivity index (χ4v) is 9.57. The number of methoxy groups -OCH3 is 1. The Hall–Kier alpha value is -6.08. The maximum absolute atomic E-state index is 10.4. The summed E-state index contributed by atoms with van der Waals surface area (Å²) in [5.41, 5.74) is 0. The van der Waals surface area contributed by atoms with E-state index in [2.05, 4.69) is 41.2 Å². The van der Waals surface area contributed by atoms with Crippen LogP contribution in [-0.2, 0) is 47.4 Å². The molecule has 0 amide bonds. The van der Waals surface area contributed by atoms with Gasteiger partial charge in [-0.05, 0) is 20.9 Å². The molecule has 0 saturated carbocycles. The molecule has 5 aliphatic rings. The fraction of sp³-hybridized carbons (Fsp3) is 0.830. The molecule has 16 N–H and O–H groups in total. The Kier molecular flexibility index (Phi) is 25.7. The van der Waals surface area contributed by atoms with E-state index in [1.807, 2.05) is 0 Å². The van der Waals surface area contributed by atoms with Crippen LogP contribution in [0.15, 0.2) is 24.8 Å². The quantitative estimate of drug-likeness (QED) is 0.0193. The van der Waals surface area contributed by atoms with Crippen molar-refractivity contribution >= 4 is 0 Å². The van der Waals surface area contributed by atoms with Crippen molar-refractivity contribution in [1.82, 2.24) is 60.6 Å². The minimum Gasteiger partial charge on any atom is -0.473 e. The fourth-order valence-electron chi connectivity index (χ4n) is 9.57. The lowest BCUT2D eigenvalue weighted by atomic mass is 9.99. The van der Waals surface area contributed by atoms with Crippen LogP contribution in [0.4, 0.5) is 0 Å². The summed E-state index contributed by atoms with van der Waals surface area (Å²) in [5, 5.41) is 193. The second-order valence-corrected chi connectivity index (χ2v) is 20.8. The van der Waals surface area contributed by atoms with Gasteiger partial charge in [0.2, 0.25) is 18.5 Å². The van der Waals surface area contributed by atoms with Crippen LogP contribution in [0.3, 0.4) is 0 Å². The molecule has 0 aromatic carbocycles. The van der Waals surface area contributed by atoms with Crippen LogP contribution in [0, 0.1) is 0 Å². The van der Waals surface area contributed by atoms with Gasteiger partial charge in [0.05, 0.1) is 52.9 Å². The monoisotopic (exact) mass is 1350 g/mol. The third-order valence-corrected chi connectivity index (χ3v) is 14.5. The van der Waals surface area contributed by atoms with Gasteiger partial charge in [-0.1, -0.05) is 39.8 Å². The van der Waals surface area contributed by atoms with Crippen LogP contribution in [0.1, 0.15) is 0 Å². The van der Waals surface area contributed by atoms with E-state index in [1.54, 1.807) is 0 Å². The van der Waals surface area contributed by atoms with Crippen LogP contribution < -0.4 is 38.3 Å². The molecule has 46 nitrogen and oxygen atoms in total. The average Bonchev–Trinajstić information content (AvgIpc) is 1.76. The van der Waals surface area contributed by atoms with Gasteiger partial charge in [0, 0.05) is 7.11 Å². The number of hydrogen-bond acceptors (Lipinski definition) is 42. The molecule has 5 saturated heterocycles. The predicted octanol–water partition coefficient (Wildman–Crippen LogP) is -14.9. The molecular weight excluding hydrogens is 1280 g/mol. The first-order valence-electron chi connectivity index (χ1n) is 28.5. The lowest BCUT2D eigenvalue weighted by Crippen LogP contribution is -2.68. The highest BCUT2D eigenvalue weighted by Crippen LogP contribution is 2.29.